The summed E-state index contributed by atoms with van der Waals surface area (Å²) >= 11 is 0. The van der Waals surface area contributed by atoms with Gasteiger partial charge in [0, 0.05) is 36.2 Å². The average molecular weight is 216 g/mol. The summed E-state index contributed by atoms with van der Waals surface area (Å²) in [5, 5.41) is 10.4. The Bertz CT molecular complexity index is 435. The minimum atomic E-state index is 0.291. The van der Waals surface area contributed by atoms with Crippen LogP contribution in [0.5, 0.6) is 0 Å². The molecule has 0 aromatic carbocycles. The van der Waals surface area contributed by atoms with E-state index in [1.54, 1.807) is 6.20 Å². The molecule has 0 aliphatic heterocycles. The highest BCUT2D eigenvalue weighted by Gasteiger charge is 2.08. The second kappa shape index (κ2) is 4.90. The van der Waals surface area contributed by atoms with E-state index >= 15 is 0 Å². The summed E-state index contributed by atoms with van der Waals surface area (Å²) < 4.78 is 0. The number of H-pyrrole nitrogens is 1. The molecule has 0 aliphatic carbocycles. The first-order chi connectivity index (χ1) is 7.77. The van der Waals surface area contributed by atoms with Crippen molar-refractivity contribution in [3.63, 3.8) is 0 Å². The zero-order valence-corrected chi connectivity index (χ0v) is 9.57. The Kier molecular flexibility index (Phi) is 3.31. The fraction of sp³-hybridized carbons (Fsp3) is 0.333. The van der Waals surface area contributed by atoms with E-state index in [1.807, 2.05) is 25.4 Å². The lowest BCUT2D eigenvalue weighted by atomic mass is 10.1. The molecule has 84 valence electrons. The summed E-state index contributed by atoms with van der Waals surface area (Å²) in [7, 11) is 0. The number of aryl methyl sites for hydroxylation is 1. The molecule has 4 heteroatoms. The van der Waals surface area contributed by atoms with Crippen LogP contribution in [-0.4, -0.2) is 15.2 Å². The summed E-state index contributed by atoms with van der Waals surface area (Å²) in [6.45, 7) is 4.98. The van der Waals surface area contributed by atoms with E-state index < -0.39 is 0 Å². The Hall–Kier alpha value is -1.68. The number of hydrogen-bond acceptors (Lipinski definition) is 3. The number of rotatable bonds is 4. The van der Waals surface area contributed by atoms with E-state index in [2.05, 4.69) is 33.5 Å². The molecule has 1 atom stereocenters. The number of hydrogen-bond donors (Lipinski definition) is 2. The molecule has 2 N–H and O–H groups in total. The molecule has 0 saturated carbocycles. The molecule has 0 amide bonds. The first-order valence-electron chi connectivity index (χ1n) is 5.39. The van der Waals surface area contributed by atoms with E-state index in [-0.39, 0.29) is 0 Å². The van der Waals surface area contributed by atoms with Gasteiger partial charge in [0.1, 0.15) is 0 Å². The number of nitrogens with one attached hydrogen (secondary N) is 2. The van der Waals surface area contributed by atoms with Crippen molar-refractivity contribution in [2.45, 2.75) is 26.4 Å². The molecule has 0 spiro atoms. The standard InChI is InChI=1S/C12H16N4/c1-9(12-8-15-16-10(12)2)14-7-11-4-3-5-13-6-11/h3-6,8-9,14H,7H2,1-2H3,(H,15,16)/t9-/m1/s1. The van der Waals surface area contributed by atoms with Gasteiger partial charge in [-0.1, -0.05) is 6.07 Å². The van der Waals surface area contributed by atoms with E-state index in [4.69, 9.17) is 0 Å². The third-order valence-corrected chi connectivity index (χ3v) is 2.67. The number of aromatic amines is 1. The van der Waals surface area contributed by atoms with Gasteiger partial charge in [0.05, 0.1) is 6.20 Å². The molecule has 2 rings (SSSR count). The quantitative estimate of drug-likeness (QED) is 0.821. The van der Waals surface area contributed by atoms with Gasteiger partial charge in [-0.25, -0.2) is 0 Å². The maximum atomic E-state index is 4.08. The van der Waals surface area contributed by atoms with Gasteiger partial charge in [-0.3, -0.25) is 10.1 Å². The summed E-state index contributed by atoms with van der Waals surface area (Å²) in [5.74, 6) is 0. The van der Waals surface area contributed by atoms with Gasteiger partial charge in [0.25, 0.3) is 0 Å². The molecule has 2 heterocycles. The van der Waals surface area contributed by atoms with Crippen molar-refractivity contribution in [3.05, 3.63) is 47.5 Å². The van der Waals surface area contributed by atoms with Crippen molar-refractivity contribution >= 4 is 0 Å². The maximum Gasteiger partial charge on any atom is 0.0537 e. The molecule has 16 heavy (non-hydrogen) atoms. The first kappa shape index (κ1) is 10.8. The molecular weight excluding hydrogens is 200 g/mol. The predicted molar refractivity (Wildman–Crippen MR) is 62.8 cm³/mol. The lowest BCUT2D eigenvalue weighted by Crippen LogP contribution is -2.18. The average Bonchev–Trinajstić information content (AvgIpc) is 2.74. The van der Waals surface area contributed by atoms with Crippen LogP contribution < -0.4 is 5.32 Å². The number of pyridine rings is 1. The van der Waals surface area contributed by atoms with E-state index in [0.29, 0.717) is 6.04 Å². The third kappa shape index (κ3) is 2.46. The molecule has 2 aromatic heterocycles. The molecule has 0 unspecified atom stereocenters. The van der Waals surface area contributed by atoms with Crippen LogP contribution in [0.3, 0.4) is 0 Å². The van der Waals surface area contributed by atoms with Gasteiger partial charge < -0.3 is 5.32 Å². The molecule has 0 saturated heterocycles. The van der Waals surface area contributed by atoms with Crippen molar-refractivity contribution in [2.75, 3.05) is 0 Å². The lowest BCUT2D eigenvalue weighted by Gasteiger charge is -2.12. The van der Waals surface area contributed by atoms with E-state index in [9.17, 15) is 0 Å². The third-order valence-electron chi connectivity index (χ3n) is 2.67. The molecule has 0 aliphatic rings. The second-order valence-corrected chi connectivity index (χ2v) is 3.91. The van der Waals surface area contributed by atoms with Gasteiger partial charge in [0.15, 0.2) is 0 Å². The van der Waals surface area contributed by atoms with Crippen molar-refractivity contribution in [1.82, 2.24) is 20.5 Å². The minimum Gasteiger partial charge on any atom is -0.306 e. The maximum absolute atomic E-state index is 4.08. The fourth-order valence-corrected chi connectivity index (χ4v) is 1.68. The topological polar surface area (TPSA) is 53.6 Å². The molecular formula is C12H16N4. The smallest absolute Gasteiger partial charge is 0.0537 e. The van der Waals surface area contributed by atoms with Crippen molar-refractivity contribution in [3.8, 4) is 0 Å². The Balaban J connectivity index is 1.94. The summed E-state index contributed by atoms with van der Waals surface area (Å²) in [6, 6.07) is 4.30. The minimum absolute atomic E-state index is 0.291. The van der Waals surface area contributed by atoms with Crippen LogP contribution >= 0.6 is 0 Å². The highest BCUT2D eigenvalue weighted by Crippen LogP contribution is 2.14. The highest BCUT2D eigenvalue weighted by atomic mass is 15.1. The van der Waals surface area contributed by atoms with E-state index in [0.717, 1.165) is 12.2 Å². The van der Waals surface area contributed by atoms with Crippen molar-refractivity contribution in [1.29, 1.82) is 0 Å². The lowest BCUT2D eigenvalue weighted by molar-refractivity contribution is 0.571. The molecule has 0 radical (unpaired) electrons. The van der Waals surface area contributed by atoms with Gasteiger partial charge in [-0.2, -0.15) is 5.10 Å². The molecule has 2 aromatic rings. The van der Waals surface area contributed by atoms with Gasteiger partial charge >= 0.3 is 0 Å². The molecule has 0 bridgehead atoms. The van der Waals surface area contributed by atoms with Crippen LogP contribution in [0.25, 0.3) is 0 Å². The summed E-state index contributed by atoms with van der Waals surface area (Å²) in [4.78, 5) is 4.08. The van der Waals surface area contributed by atoms with Gasteiger partial charge in [0.2, 0.25) is 0 Å². The Morgan fingerprint density at radius 1 is 1.44 bits per heavy atom. The molecule has 0 fully saturated rings. The Labute approximate surface area is 95.1 Å². The summed E-state index contributed by atoms with van der Waals surface area (Å²) in [5.41, 5.74) is 3.52. The highest BCUT2D eigenvalue weighted by molar-refractivity contribution is 5.19. The van der Waals surface area contributed by atoms with Crippen LogP contribution in [0.4, 0.5) is 0 Å². The van der Waals surface area contributed by atoms with Crippen molar-refractivity contribution < 1.29 is 0 Å². The number of aromatic nitrogens is 3. The predicted octanol–water partition coefficient (Wildman–Crippen LogP) is 1.96. The van der Waals surface area contributed by atoms with Crippen LogP contribution in [-0.2, 0) is 6.54 Å². The normalized spacial score (nSPS) is 12.6. The monoisotopic (exact) mass is 216 g/mol. The van der Waals surface area contributed by atoms with Crippen LogP contribution in [0.1, 0.15) is 29.8 Å². The second-order valence-electron chi connectivity index (χ2n) is 3.91. The zero-order chi connectivity index (χ0) is 11.4. The van der Waals surface area contributed by atoms with Crippen LogP contribution in [0, 0.1) is 6.92 Å². The van der Waals surface area contributed by atoms with Gasteiger partial charge in [-0.05, 0) is 25.5 Å². The number of nitrogens with zero attached hydrogens (tertiary/aromatic N) is 2. The van der Waals surface area contributed by atoms with Crippen LogP contribution in [0.15, 0.2) is 30.7 Å². The Morgan fingerprint density at radius 2 is 2.31 bits per heavy atom. The fourth-order valence-electron chi connectivity index (χ4n) is 1.68. The van der Waals surface area contributed by atoms with E-state index in [1.165, 1.54) is 11.1 Å². The largest absolute Gasteiger partial charge is 0.306 e. The summed E-state index contributed by atoms with van der Waals surface area (Å²) in [6.07, 6.45) is 5.53. The van der Waals surface area contributed by atoms with Crippen molar-refractivity contribution in [2.24, 2.45) is 0 Å². The Morgan fingerprint density at radius 3 is 2.94 bits per heavy atom. The SMILES string of the molecule is Cc1[nH]ncc1[C@@H](C)NCc1cccnc1. The molecule has 4 nitrogen and oxygen atoms in total. The zero-order valence-electron chi connectivity index (χ0n) is 9.57. The van der Waals surface area contributed by atoms with Crippen LogP contribution in [0.2, 0.25) is 0 Å². The van der Waals surface area contributed by atoms with Gasteiger partial charge in [-0.15, -0.1) is 0 Å². The first-order valence-corrected chi connectivity index (χ1v) is 5.39.